The lowest BCUT2D eigenvalue weighted by Crippen LogP contribution is -2.40. The van der Waals surface area contributed by atoms with Crippen molar-refractivity contribution in [2.75, 3.05) is 13.1 Å². The fourth-order valence-corrected chi connectivity index (χ4v) is 4.17. The van der Waals surface area contributed by atoms with Crippen molar-refractivity contribution in [1.82, 2.24) is 9.80 Å². The molecule has 0 radical (unpaired) electrons. The van der Waals surface area contributed by atoms with Gasteiger partial charge in [-0.1, -0.05) is 37.3 Å². The van der Waals surface area contributed by atoms with Crippen LogP contribution < -0.4 is 0 Å². The molecule has 28 heavy (non-hydrogen) atoms. The Balaban J connectivity index is 1.59. The lowest BCUT2D eigenvalue weighted by Gasteiger charge is -2.34. The molecule has 0 N–H and O–H groups in total. The van der Waals surface area contributed by atoms with Crippen molar-refractivity contribution < 1.29 is 14.0 Å². The van der Waals surface area contributed by atoms with Crippen LogP contribution in [-0.2, 0) is 11.3 Å². The zero-order chi connectivity index (χ0) is 19.7. The third-order valence-electron chi connectivity index (χ3n) is 5.98. The van der Waals surface area contributed by atoms with Gasteiger partial charge in [0.15, 0.2) is 0 Å². The highest BCUT2D eigenvalue weighted by Crippen LogP contribution is 2.34. The Morgan fingerprint density at radius 1 is 1.11 bits per heavy atom. The number of carbonyl (C=O) groups excluding carboxylic acids is 2. The number of hydrogen-bond donors (Lipinski definition) is 0. The van der Waals surface area contributed by atoms with Crippen LogP contribution in [-0.4, -0.2) is 34.7 Å². The van der Waals surface area contributed by atoms with Gasteiger partial charge in [-0.15, -0.1) is 0 Å². The van der Waals surface area contributed by atoms with Crippen molar-refractivity contribution in [2.24, 2.45) is 5.92 Å². The molecule has 2 amide bonds. The van der Waals surface area contributed by atoms with Crippen LogP contribution in [0.5, 0.6) is 0 Å². The number of hydrogen-bond acceptors (Lipinski definition) is 2. The smallest absolute Gasteiger partial charge is 0.255 e. The van der Waals surface area contributed by atoms with Crippen molar-refractivity contribution in [1.29, 1.82) is 0 Å². The molecule has 4 rings (SSSR count). The van der Waals surface area contributed by atoms with Gasteiger partial charge in [-0.3, -0.25) is 9.59 Å². The third kappa shape index (κ3) is 3.66. The van der Waals surface area contributed by atoms with E-state index in [1.165, 1.54) is 12.1 Å². The summed E-state index contributed by atoms with van der Waals surface area (Å²) in [6, 6.07) is 13.3. The maximum absolute atomic E-state index is 13.5. The Bertz CT molecular complexity index is 872. The van der Waals surface area contributed by atoms with Crippen LogP contribution in [0.25, 0.3) is 0 Å². The number of benzene rings is 2. The minimum atomic E-state index is -0.396. The molecule has 0 aliphatic carbocycles. The number of likely N-dealkylation sites (tertiary alicyclic amines) is 1. The average Bonchev–Trinajstić information content (AvgIpc) is 3.04. The molecule has 0 bridgehead atoms. The van der Waals surface area contributed by atoms with Gasteiger partial charge in [0, 0.05) is 25.2 Å². The number of fused-ring (bicyclic) bond motifs is 1. The number of amides is 2. The predicted molar refractivity (Wildman–Crippen MR) is 105 cm³/mol. The Hall–Kier alpha value is -2.69. The molecule has 146 valence electrons. The summed E-state index contributed by atoms with van der Waals surface area (Å²) in [7, 11) is 0. The molecular formula is C23H25FN2O2. The molecule has 2 aliphatic heterocycles. The molecule has 2 heterocycles. The molecular weight excluding hydrogens is 355 g/mol. The molecule has 4 nitrogen and oxygen atoms in total. The second-order valence-electron chi connectivity index (χ2n) is 7.92. The molecule has 5 heteroatoms. The van der Waals surface area contributed by atoms with Crippen LogP contribution in [0.3, 0.4) is 0 Å². The quantitative estimate of drug-likeness (QED) is 0.799. The van der Waals surface area contributed by atoms with E-state index in [0.29, 0.717) is 18.0 Å². The Kier molecular flexibility index (Phi) is 5.16. The van der Waals surface area contributed by atoms with E-state index in [1.54, 1.807) is 17.0 Å². The summed E-state index contributed by atoms with van der Waals surface area (Å²) in [5, 5.41) is 0. The standard InChI is InChI=1S/C23H25FN2O2/c1-16-10-12-25(13-11-16)22(27)14-21(17-6-8-19(24)9-7-17)26-15-18-4-2-3-5-20(18)23(26)28/h2-9,16,21H,10-15H2,1H3/t21-/m1/s1. The van der Waals surface area contributed by atoms with Crippen LogP contribution >= 0.6 is 0 Å². The van der Waals surface area contributed by atoms with Gasteiger partial charge in [-0.2, -0.15) is 0 Å². The van der Waals surface area contributed by atoms with Gasteiger partial charge in [0.1, 0.15) is 5.82 Å². The van der Waals surface area contributed by atoms with Gasteiger partial charge in [-0.25, -0.2) is 4.39 Å². The van der Waals surface area contributed by atoms with Crippen LogP contribution in [0.15, 0.2) is 48.5 Å². The van der Waals surface area contributed by atoms with Crippen molar-refractivity contribution in [3.05, 3.63) is 71.0 Å². The van der Waals surface area contributed by atoms with Crippen LogP contribution in [0.4, 0.5) is 4.39 Å². The van der Waals surface area contributed by atoms with Crippen LogP contribution in [0.2, 0.25) is 0 Å². The molecule has 1 atom stereocenters. The van der Waals surface area contributed by atoms with Gasteiger partial charge >= 0.3 is 0 Å². The van der Waals surface area contributed by atoms with E-state index in [0.717, 1.165) is 37.1 Å². The van der Waals surface area contributed by atoms with Gasteiger partial charge in [-0.05, 0) is 48.1 Å². The molecule has 2 aromatic rings. The summed E-state index contributed by atoms with van der Waals surface area (Å²) in [6.07, 6.45) is 2.25. The van der Waals surface area contributed by atoms with Crippen molar-refractivity contribution in [2.45, 2.75) is 38.8 Å². The van der Waals surface area contributed by atoms with Crippen molar-refractivity contribution in [3.63, 3.8) is 0 Å². The summed E-state index contributed by atoms with van der Waals surface area (Å²) < 4.78 is 13.5. The second-order valence-corrected chi connectivity index (χ2v) is 7.92. The maximum Gasteiger partial charge on any atom is 0.255 e. The first-order chi connectivity index (χ1) is 13.5. The highest BCUT2D eigenvalue weighted by atomic mass is 19.1. The van der Waals surface area contributed by atoms with Crippen LogP contribution in [0.1, 0.15) is 53.7 Å². The molecule has 1 saturated heterocycles. The molecule has 0 saturated carbocycles. The van der Waals surface area contributed by atoms with Crippen molar-refractivity contribution in [3.8, 4) is 0 Å². The van der Waals surface area contributed by atoms with E-state index in [1.807, 2.05) is 29.2 Å². The van der Waals surface area contributed by atoms with E-state index < -0.39 is 6.04 Å². The summed E-state index contributed by atoms with van der Waals surface area (Å²) >= 11 is 0. The Morgan fingerprint density at radius 2 is 1.79 bits per heavy atom. The van der Waals surface area contributed by atoms with E-state index in [9.17, 15) is 14.0 Å². The number of carbonyl (C=O) groups is 2. The summed E-state index contributed by atoms with van der Waals surface area (Å²) in [5.74, 6) is 0.316. The van der Waals surface area contributed by atoms with E-state index in [2.05, 4.69) is 6.92 Å². The number of halogens is 1. The Labute approximate surface area is 164 Å². The normalized spacial score (nSPS) is 18.3. The molecule has 1 fully saturated rings. The monoisotopic (exact) mass is 380 g/mol. The fourth-order valence-electron chi connectivity index (χ4n) is 4.17. The molecule has 0 spiro atoms. The van der Waals surface area contributed by atoms with E-state index in [-0.39, 0.29) is 24.1 Å². The zero-order valence-corrected chi connectivity index (χ0v) is 16.1. The first-order valence-electron chi connectivity index (χ1n) is 9.95. The topological polar surface area (TPSA) is 40.6 Å². The number of rotatable bonds is 4. The zero-order valence-electron chi connectivity index (χ0n) is 16.1. The molecule has 0 aromatic heterocycles. The Morgan fingerprint density at radius 3 is 2.46 bits per heavy atom. The number of nitrogens with zero attached hydrogens (tertiary/aromatic N) is 2. The minimum absolute atomic E-state index is 0.0602. The molecule has 2 aromatic carbocycles. The van der Waals surface area contributed by atoms with E-state index >= 15 is 0 Å². The molecule has 2 aliphatic rings. The highest BCUT2D eigenvalue weighted by Gasteiger charge is 2.35. The average molecular weight is 380 g/mol. The minimum Gasteiger partial charge on any atom is -0.343 e. The lowest BCUT2D eigenvalue weighted by atomic mass is 9.97. The first-order valence-corrected chi connectivity index (χ1v) is 9.95. The van der Waals surface area contributed by atoms with Gasteiger partial charge in [0.05, 0.1) is 12.5 Å². The summed E-state index contributed by atoms with van der Waals surface area (Å²) in [5.41, 5.74) is 2.45. The van der Waals surface area contributed by atoms with E-state index in [4.69, 9.17) is 0 Å². The fraction of sp³-hybridized carbons (Fsp3) is 0.391. The first kappa shape index (κ1) is 18.7. The summed E-state index contributed by atoms with van der Waals surface area (Å²) in [6.45, 7) is 4.22. The largest absolute Gasteiger partial charge is 0.343 e. The van der Waals surface area contributed by atoms with Crippen molar-refractivity contribution >= 4 is 11.8 Å². The third-order valence-corrected chi connectivity index (χ3v) is 5.98. The number of piperidine rings is 1. The lowest BCUT2D eigenvalue weighted by molar-refractivity contribution is -0.133. The van der Waals surface area contributed by atoms with Gasteiger partial charge < -0.3 is 9.80 Å². The maximum atomic E-state index is 13.5. The SMILES string of the molecule is CC1CCN(C(=O)C[C@H](c2ccc(F)cc2)N2Cc3ccccc3C2=O)CC1. The van der Waals surface area contributed by atoms with Gasteiger partial charge in [0.2, 0.25) is 5.91 Å². The second kappa shape index (κ2) is 7.74. The molecule has 0 unspecified atom stereocenters. The van der Waals surface area contributed by atoms with Gasteiger partial charge in [0.25, 0.3) is 5.91 Å². The predicted octanol–water partition coefficient (Wildman–Crippen LogP) is 4.17. The summed E-state index contributed by atoms with van der Waals surface area (Å²) in [4.78, 5) is 29.7. The highest BCUT2D eigenvalue weighted by molar-refractivity contribution is 5.98. The van der Waals surface area contributed by atoms with Crippen LogP contribution in [0, 0.1) is 11.7 Å².